The van der Waals surface area contributed by atoms with Crippen LogP contribution in [0.3, 0.4) is 0 Å². The van der Waals surface area contributed by atoms with Crippen molar-refractivity contribution in [3.8, 4) is 0 Å². The van der Waals surface area contributed by atoms with Crippen molar-refractivity contribution in [1.29, 1.82) is 0 Å². The topological polar surface area (TPSA) is 42.0 Å². The van der Waals surface area contributed by atoms with Crippen LogP contribution in [0.25, 0.3) is 10.9 Å². The van der Waals surface area contributed by atoms with Crippen molar-refractivity contribution in [2.75, 3.05) is 0 Å². The minimum absolute atomic E-state index is 0.0395. The smallest absolute Gasteiger partial charge is 0.223 e. The summed E-state index contributed by atoms with van der Waals surface area (Å²) < 4.78 is 13.8. The summed E-state index contributed by atoms with van der Waals surface area (Å²) in [5, 5.41) is 4.76. The lowest BCUT2D eigenvalue weighted by Gasteiger charge is -2.33. The Hall–Kier alpha value is -2.46. The first kappa shape index (κ1) is 21.8. The largest absolute Gasteiger partial charge is 0.349 e. The highest BCUT2D eigenvalue weighted by molar-refractivity contribution is 6.30. The summed E-state index contributed by atoms with van der Waals surface area (Å²) in [6.45, 7) is 4.03. The molecule has 1 N–H and O–H groups in total. The Morgan fingerprint density at radius 2 is 1.77 bits per heavy atom. The summed E-state index contributed by atoms with van der Waals surface area (Å²) in [7, 11) is 0. The molecule has 5 heteroatoms. The molecule has 1 aromatic heterocycles. The first-order valence-electron chi connectivity index (χ1n) is 11.0. The fourth-order valence-electron chi connectivity index (χ4n) is 4.82. The molecule has 1 aliphatic carbocycles. The Morgan fingerprint density at radius 3 is 2.48 bits per heavy atom. The summed E-state index contributed by atoms with van der Waals surface area (Å²) in [4.78, 5) is 17.2. The van der Waals surface area contributed by atoms with Crippen LogP contribution in [0.2, 0.25) is 5.02 Å². The van der Waals surface area contributed by atoms with Gasteiger partial charge in [0, 0.05) is 22.5 Å². The Morgan fingerprint density at radius 1 is 1.06 bits per heavy atom. The van der Waals surface area contributed by atoms with Crippen LogP contribution in [0.5, 0.6) is 0 Å². The van der Waals surface area contributed by atoms with Crippen molar-refractivity contribution in [3.63, 3.8) is 0 Å². The zero-order valence-corrected chi connectivity index (χ0v) is 18.7. The highest BCUT2D eigenvalue weighted by Gasteiger charge is 2.30. The number of amides is 1. The second-order valence-electron chi connectivity index (χ2n) is 8.74. The number of pyridine rings is 1. The van der Waals surface area contributed by atoms with Gasteiger partial charge in [0.05, 0.1) is 11.6 Å². The van der Waals surface area contributed by atoms with Crippen molar-refractivity contribution in [3.05, 3.63) is 76.7 Å². The van der Waals surface area contributed by atoms with E-state index in [2.05, 4.69) is 10.3 Å². The predicted octanol–water partition coefficient (Wildman–Crippen LogP) is 6.81. The molecule has 0 spiro atoms. The maximum atomic E-state index is 13.8. The van der Waals surface area contributed by atoms with Crippen LogP contribution < -0.4 is 5.32 Å². The number of nitrogens with zero attached hydrogens (tertiary/aromatic N) is 1. The number of hydrogen-bond donors (Lipinski definition) is 1. The van der Waals surface area contributed by atoms with E-state index in [4.69, 9.17) is 11.6 Å². The van der Waals surface area contributed by atoms with Gasteiger partial charge >= 0.3 is 0 Å². The molecule has 1 heterocycles. The van der Waals surface area contributed by atoms with E-state index in [9.17, 15) is 9.18 Å². The summed E-state index contributed by atoms with van der Waals surface area (Å²) >= 11 is 5.96. The number of nitrogens with one attached hydrogen (secondary N) is 1. The molecule has 0 aliphatic heterocycles. The van der Waals surface area contributed by atoms with Gasteiger partial charge in [0.1, 0.15) is 5.82 Å². The second-order valence-corrected chi connectivity index (χ2v) is 9.18. The third-order valence-electron chi connectivity index (χ3n) is 6.80. The number of carbonyl (C=O) groups excluding carboxylic acids is 1. The molecule has 0 radical (unpaired) electrons. The number of rotatable bonds is 5. The van der Waals surface area contributed by atoms with Crippen LogP contribution in [0.4, 0.5) is 4.39 Å². The van der Waals surface area contributed by atoms with E-state index in [0.29, 0.717) is 16.9 Å². The zero-order valence-electron chi connectivity index (χ0n) is 17.9. The van der Waals surface area contributed by atoms with Gasteiger partial charge in [-0.05, 0) is 92.0 Å². The van der Waals surface area contributed by atoms with Crippen LogP contribution in [-0.4, -0.2) is 10.9 Å². The number of hydrogen-bond acceptors (Lipinski definition) is 2. The van der Waals surface area contributed by atoms with E-state index in [1.165, 1.54) is 11.6 Å². The average molecular weight is 439 g/mol. The Kier molecular flexibility index (Phi) is 6.57. The van der Waals surface area contributed by atoms with E-state index in [1.54, 1.807) is 12.1 Å². The van der Waals surface area contributed by atoms with Gasteiger partial charge in [-0.3, -0.25) is 9.78 Å². The van der Waals surface area contributed by atoms with E-state index in [0.717, 1.165) is 42.1 Å². The van der Waals surface area contributed by atoms with Gasteiger partial charge in [0.15, 0.2) is 0 Å². The average Bonchev–Trinajstić information content (AvgIpc) is 2.78. The molecular weight excluding hydrogens is 411 g/mol. The van der Waals surface area contributed by atoms with Crippen molar-refractivity contribution in [2.24, 2.45) is 11.8 Å². The Labute approximate surface area is 188 Å². The lowest BCUT2D eigenvalue weighted by Crippen LogP contribution is -2.36. The van der Waals surface area contributed by atoms with Crippen molar-refractivity contribution in [2.45, 2.75) is 51.5 Å². The molecule has 2 unspecified atom stereocenters. The molecule has 1 aliphatic rings. The number of carbonyl (C=O) groups is 1. The highest BCUT2D eigenvalue weighted by Crippen LogP contribution is 2.40. The maximum Gasteiger partial charge on any atom is 0.223 e. The van der Waals surface area contributed by atoms with E-state index < -0.39 is 0 Å². The highest BCUT2D eigenvalue weighted by atomic mass is 35.5. The number of halogens is 2. The van der Waals surface area contributed by atoms with Crippen LogP contribution in [0, 0.1) is 17.7 Å². The van der Waals surface area contributed by atoms with Crippen LogP contribution in [0.15, 0.2) is 54.7 Å². The number of fused-ring (bicyclic) bond motifs is 1. The molecule has 2 aromatic carbocycles. The molecule has 0 bridgehead atoms. The van der Waals surface area contributed by atoms with Gasteiger partial charge in [0.2, 0.25) is 5.91 Å². The second kappa shape index (κ2) is 9.35. The minimum atomic E-state index is -0.226. The lowest BCUT2D eigenvalue weighted by atomic mass is 9.73. The van der Waals surface area contributed by atoms with Crippen molar-refractivity contribution >= 4 is 28.4 Å². The monoisotopic (exact) mass is 438 g/mol. The van der Waals surface area contributed by atoms with Gasteiger partial charge in [-0.25, -0.2) is 4.39 Å². The van der Waals surface area contributed by atoms with Gasteiger partial charge in [-0.15, -0.1) is 0 Å². The fourth-order valence-corrected chi connectivity index (χ4v) is 4.95. The maximum absolute atomic E-state index is 13.8. The summed E-state index contributed by atoms with van der Waals surface area (Å²) in [5.41, 5.74) is 3.06. The molecular formula is C26H28ClFN2O. The molecule has 2 atom stereocenters. The van der Waals surface area contributed by atoms with Gasteiger partial charge in [-0.1, -0.05) is 30.7 Å². The first-order valence-corrected chi connectivity index (χ1v) is 11.4. The fraction of sp³-hybridized carbons (Fsp3) is 0.385. The SMILES string of the molecule is CC(NC(=O)C(C)C1CCC(c2ccnc3ccc(F)cc23)CC1)c1ccc(Cl)cc1. The van der Waals surface area contributed by atoms with Gasteiger partial charge < -0.3 is 5.32 Å². The molecule has 31 heavy (non-hydrogen) atoms. The standard InChI is InChI=1S/C26H28ClFN2O/c1-16(26(31)30-17(2)19-7-9-21(27)10-8-19)18-3-5-20(6-4-18)23-13-14-29-25-12-11-22(28)15-24(23)25/h7-18,20H,3-6H2,1-2H3,(H,30,31). The first-order chi connectivity index (χ1) is 14.9. The molecule has 1 saturated carbocycles. The third-order valence-corrected chi connectivity index (χ3v) is 7.05. The number of aromatic nitrogens is 1. The van der Waals surface area contributed by atoms with E-state index >= 15 is 0 Å². The Balaban J connectivity index is 1.38. The lowest BCUT2D eigenvalue weighted by molar-refractivity contribution is -0.127. The zero-order chi connectivity index (χ0) is 22.0. The quantitative estimate of drug-likeness (QED) is 0.475. The summed E-state index contributed by atoms with van der Waals surface area (Å²) in [5.74, 6) is 0.575. The van der Waals surface area contributed by atoms with Crippen LogP contribution >= 0.6 is 11.6 Å². The summed E-state index contributed by atoms with van der Waals surface area (Å²) in [6.07, 6.45) is 5.81. The van der Waals surface area contributed by atoms with Crippen LogP contribution in [-0.2, 0) is 4.79 Å². The normalized spacial score (nSPS) is 20.9. The summed E-state index contributed by atoms with van der Waals surface area (Å²) in [6, 6.07) is 14.4. The molecule has 1 fully saturated rings. The molecule has 3 aromatic rings. The molecule has 162 valence electrons. The van der Waals surface area contributed by atoms with Crippen LogP contribution in [0.1, 0.15) is 62.6 Å². The minimum Gasteiger partial charge on any atom is -0.349 e. The van der Waals surface area contributed by atoms with Gasteiger partial charge in [0.25, 0.3) is 0 Å². The molecule has 3 nitrogen and oxygen atoms in total. The third kappa shape index (κ3) is 4.90. The van der Waals surface area contributed by atoms with E-state index in [1.807, 2.05) is 50.4 Å². The van der Waals surface area contributed by atoms with Crippen molar-refractivity contribution in [1.82, 2.24) is 10.3 Å². The molecule has 0 saturated heterocycles. The number of benzene rings is 2. The molecule has 4 rings (SSSR count). The van der Waals surface area contributed by atoms with Crippen molar-refractivity contribution < 1.29 is 9.18 Å². The van der Waals surface area contributed by atoms with E-state index in [-0.39, 0.29) is 23.7 Å². The molecule has 1 amide bonds. The predicted molar refractivity (Wildman–Crippen MR) is 124 cm³/mol. The Bertz CT molecular complexity index is 1060. The van der Waals surface area contributed by atoms with Gasteiger partial charge in [-0.2, -0.15) is 0 Å².